The van der Waals surface area contributed by atoms with Crippen molar-refractivity contribution < 1.29 is 27.8 Å². The third-order valence-corrected chi connectivity index (χ3v) is 3.18. The van der Waals surface area contributed by atoms with Crippen LogP contribution in [0.1, 0.15) is 10.4 Å². The van der Waals surface area contributed by atoms with Crippen LogP contribution in [0.5, 0.6) is 5.75 Å². The second-order valence-electron chi connectivity index (χ2n) is 4.77. The van der Waals surface area contributed by atoms with E-state index in [9.17, 15) is 23.1 Å². The Balaban J connectivity index is 0.00000242. The number of halogens is 4. The largest absolute Gasteiger partial charge is 0.573 e. The summed E-state index contributed by atoms with van der Waals surface area (Å²) >= 11 is 0. The molecule has 124 valence electrons. The number of β-amino-alcohol motifs (C(OH)–C–C–N with tert-alkyl or cyclic N) is 1. The van der Waals surface area contributed by atoms with Gasteiger partial charge in [0.05, 0.1) is 6.10 Å². The average Bonchev–Trinajstić information content (AvgIpc) is 2.80. The van der Waals surface area contributed by atoms with Crippen LogP contribution in [0.25, 0.3) is 0 Å². The molecule has 0 aliphatic carbocycles. The van der Waals surface area contributed by atoms with Crippen molar-refractivity contribution in [3.63, 3.8) is 0 Å². The number of benzene rings is 1. The molecule has 0 radical (unpaired) electrons. The molecular formula is C13H16ClF3N2O3. The molecule has 9 heteroatoms. The van der Waals surface area contributed by atoms with Crippen LogP contribution < -0.4 is 15.4 Å². The molecule has 1 aromatic rings. The lowest BCUT2D eigenvalue weighted by Gasteiger charge is -2.14. The summed E-state index contributed by atoms with van der Waals surface area (Å²) in [5, 5.41) is 15.2. The lowest BCUT2D eigenvalue weighted by atomic mass is 10.1. The lowest BCUT2D eigenvalue weighted by Crippen LogP contribution is -2.34. The second kappa shape index (κ2) is 7.66. The van der Waals surface area contributed by atoms with Crippen molar-refractivity contribution in [2.45, 2.75) is 12.5 Å². The van der Waals surface area contributed by atoms with E-state index in [4.69, 9.17) is 0 Å². The fourth-order valence-corrected chi connectivity index (χ4v) is 2.06. The lowest BCUT2D eigenvalue weighted by molar-refractivity contribution is -0.274. The van der Waals surface area contributed by atoms with Gasteiger partial charge in [-0.05, 0) is 24.3 Å². The van der Waals surface area contributed by atoms with Gasteiger partial charge in [0, 0.05) is 31.1 Å². The summed E-state index contributed by atoms with van der Waals surface area (Å²) in [4.78, 5) is 11.8. The maximum Gasteiger partial charge on any atom is 0.573 e. The zero-order valence-electron chi connectivity index (χ0n) is 11.4. The van der Waals surface area contributed by atoms with Crippen molar-refractivity contribution >= 4 is 18.3 Å². The maximum absolute atomic E-state index is 12.0. The summed E-state index contributed by atoms with van der Waals surface area (Å²) < 4.78 is 39.7. The molecule has 2 rings (SSSR count). The number of rotatable bonds is 4. The van der Waals surface area contributed by atoms with Gasteiger partial charge in [0.1, 0.15) is 5.75 Å². The number of nitrogens with one attached hydrogen (secondary N) is 2. The first kappa shape index (κ1) is 18.5. The number of hydrogen-bond donors (Lipinski definition) is 3. The Morgan fingerprint density at radius 2 is 1.95 bits per heavy atom. The summed E-state index contributed by atoms with van der Waals surface area (Å²) in [6.07, 6.45) is -5.26. The van der Waals surface area contributed by atoms with Gasteiger partial charge < -0.3 is 20.5 Å². The molecular weight excluding hydrogens is 325 g/mol. The number of aliphatic hydroxyl groups is 1. The van der Waals surface area contributed by atoms with Crippen molar-refractivity contribution in [2.75, 3.05) is 19.6 Å². The number of hydrogen-bond acceptors (Lipinski definition) is 4. The van der Waals surface area contributed by atoms with E-state index >= 15 is 0 Å². The molecule has 0 bridgehead atoms. The van der Waals surface area contributed by atoms with Crippen LogP contribution >= 0.6 is 12.4 Å². The van der Waals surface area contributed by atoms with E-state index in [-0.39, 0.29) is 29.6 Å². The summed E-state index contributed by atoms with van der Waals surface area (Å²) in [5.74, 6) is -0.857. The van der Waals surface area contributed by atoms with Gasteiger partial charge in [-0.3, -0.25) is 4.79 Å². The minimum absolute atomic E-state index is 0. The van der Waals surface area contributed by atoms with E-state index in [0.717, 1.165) is 12.1 Å². The molecule has 0 spiro atoms. The second-order valence-corrected chi connectivity index (χ2v) is 4.77. The number of ether oxygens (including phenoxy) is 1. The highest BCUT2D eigenvalue weighted by Crippen LogP contribution is 2.22. The summed E-state index contributed by atoms with van der Waals surface area (Å²) in [6, 6.07) is 4.65. The molecule has 1 saturated heterocycles. The Kier molecular flexibility index (Phi) is 6.46. The molecule has 0 saturated carbocycles. The minimum Gasteiger partial charge on any atom is -0.406 e. The monoisotopic (exact) mass is 340 g/mol. The molecule has 1 amide bonds. The smallest absolute Gasteiger partial charge is 0.406 e. The summed E-state index contributed by atoms with van der Waals surface area (Å²) in [7, 11) is 0. The Morgan fingerprint density at radius 1 is 1.32 bits per heavy atom. The zero-order valence-corrected chi connectivity index (χ0v) is 12.2. The number of aliphatic hydroxyl groups excluding tert-OH is 1. The van der Waals surface area contributed by atoms with Gasteiger partial charge in [0.2, 0.25) is 0 Å². The Labute approximate surface area is 131 Å². The number of alkyl halides is 3. The van der Waals surface area contributed by atoms with E-state index in [0.29, 0.717) is 19.6 Å². The third-order valence-electron chi connectivity index (χ3n) is 3.18. The normalized spacial score (nSPS) is 21.1. The number of carbonyl (C=O) groups is 1. The molecule has 2 unspecified atom stereocenters. The average molecular weight is 341 g/mol. The third kappa shape index (κ3) is 5.36. The van der Waals surface area contributed by atoms with Gasteiger partial charge in [-0.25, -0.2) is 0 Å². The molecule has 22 heavy (non-hydrogen) atoms. The molecule has 0 aromatic heterocycles. The van der Waals surface area contributed by atoms with Crippen LogP contribution in [0.3, 0.4) is 0 Å². The van der Waals surface area contributed by atoms with E-state index in [1.807, 2.05) is 0 Å². The van der Waals surface area contributed by atoms with Gasteiger partial charge in [-0.2, -0.15) is 0 Å². The van der Waals surface area contributed by atoms with Gasteiger partial charge in [-0.1, -0.05) is 0 Å². The van der Waals surface area contributed by atoms with E-state index in [1.165, 1.54) is 12.1 Å². The summed E-state index contributed by atoms with van der Waals surface area (Å²) in [5.41, 5.74) is 0.227. The molecule has 1 aliphatic rings. The molecule has 1 heterocycles. The summed E-state index contributed by atoms with van der Waals surface area (Å²) in [6.45, 7) is 1.40. The van der Waals surface area contributed by atoms with Gasteiger partial charge in [0.25, 0.3) is 5.91 Å². The highest BCUT2D eigenvalue weighted by atomic mass is 35.5. The van der Waals surface area contributed by atoms with Crippen LogP contribution in [0.15, 0.2) is 24.3 Å². The first-order chi connectivity index (χ1) is 9.85. The first-order valence-electron chi connectivity index (χ1n) is 6.38. The number of carbonyl (C=O) groups excluding carboxylic acids is 1. The Morgan fingerprint density at radius 3 is 2.45 bits per heavy atom. The van der Waals surface area contributed by atoms with Crippen molar-refractivity contribution in [1.82, 2.24) is 10.6 Å². The molecule has 1 aliphatic heterocycles. The SMILES string of the molecule is Cl.O=C(NCC1CNCC1O)c1ccc(OC(F)(F)F)cc1. The zero-order chi connectivity index (χ0) is 15.5. The predicted octanol–water partition coefficient (Wildman–Crippen LogP) is 1.32. The Hall–Kier alpha value is -1.51. The first-order valence-corrected chi connectivity index (χ1v) is 6.38. The highest BCUT2D eigenvalue weighted by Gasteiger charge is 2.31. The van der Waals surface area contributed by atoms with E-state index in [2.05, 4.69) is 15.4 Å². The molecule has 1 fully saturated rings. The Bertz CT molecular complexity index is 496. The number of amides is 1. The highest BCUT2D eigenvalue weighted by molar-refractivity contribution is 5.94. The predicted molar refractivity (Wildman–Crippen MR) is 75.1 cm³/mol. The van der Waals surface area contributed by atoms with Crippen molar-refractivity contribution in [2.24, 2.45) is 5.92 Å². The topological polar surface area (TPSA) is 70.6 Å². The molecule has 1 aromatic carbocycles. The molecule has 2 atom stereocenters. The van der Waals surface area contributed by atoms with Crippen LogP contribution in [0, 0.1) is 5.92 Å². The van der Waals surface area contributed by atoms with Gasteiger partial charge in [-0.15, -0.1) is 25.6 Å². The van der Waals surface area contributed by atoms with Crippen LogP contribution in [0.4, 0.5) is 13.2 Å². The minimum atomic E-state index is -4.75. The molecule has 3 N–H and O–H groups in total. The van der Waals surface area contributed by atoms with Crippen molar-refractivity contribution in [3.8, 4) is 5.75 Å². The van der Waals surface area contributed by atoms with Gasteiger partial charge in [0.15, 0.2) is 0 Å². The van der Waals surface area contributed by atoms with Crippen molar-refractivity contribution in [1.29, 1.82) is 0 Å². The maximum atomic E-state index is 12.0. The van der Waals surface area contributed by atoms with Crippen LogP contribution in [0.2, 0.25) is 0 Å². The van der Waals surface area contributed by atoms with E-state index < -0.39 is 18.4 Å². The fraction of sp³-hybridized carbons (Fsp3) is 0.462. The fourth-order valence-electron chi connectivity index (χ4n) is 2.06. The van der Waals surface area contributed by atoms with Gasteiger partial charge >= 0.3 is 6.36 Å². The van der Waals surface area contributed by atoms with Crippen LogP contribution in [-0.2, 0) is 0 Å². The van der Waals surface area contributed by atoms with Crippen molar-refractivity contribution in [3.05, 3.63) is 29.8 Å². The van der Waals surface area contributed by atoms with E-state index in [1.54, 1.807) is 0 Å². The standard InChI is InChI=1S/C13H15F3N2O3.ClH/c14-13(15,16)21-10-3-1-8(2-4-10)12(20)18-6-9-5-17-7-11(9)19;/h1-4,9,11,17,19H,5-7H2,(H,18,20);1H. The van der Waals surface area contributed by atoms with Crippen LogP contribution in [-0.4, -0.2) is 43.1 Å². The molecule has 5 nitrogen and oxygen atoms in total. The quantitative estimate of drug-likeness (QED) is 0.773.